The minimum absolute atomic E-state index is 0.0845. The van der Waals surface area contributed by atoms with E-state index in [1.165, 1.54) is 5.56 Å². The molecule has 0 aliphatic rings. The van der Waals surface area contributed by atoms with E-state index in [0.29, 0.717) is 6.04 Å². The second-order valence-corrected chi connectivity index (χ2v) is 4.86. The van der Waals surface area contributed by atoms with Crippen LogP contribution in [0, 0.1) is 0 Å². The number of likely N-dealkylation sites (N-methyl/N-ethyl adjacent to an activating group) is 1. The summed E-state index contributed by atoms with van der Waals surface area (Å²) in [6, 6.07) is 0.507. The molecule has 0 aromatic carbocycles. The van der Waals surface area contributed by atoms with Crippen molar-refractivity contribution in [1.82, 2.24) is 15.1 Å². The summed E-state index contributed by atoms with van der Waals surface area (Å²) >= 11 is 0. The van der Waals surface area contributed by atoms with Gasteiger partial charge in [0, 0.05) is 12.2 Å². The highest BCUT2D eigenvalue weighted by Crippen LogP contribution is 2.13. The Bertz CT molecular complexity index is 283. The molecule has 0 amide bonds. The monoisotopic (exact) mass is 195 g/mol. The maximum absolute atomic E-state index is 4.36. The van der Waals surface area contributed by atoms with Crippen LogP contribution in [0.1, 0.15) is 33.3 Å². The minimum atomic E-state index is 0.0845. The molecule has 0 radical (unpaired) electrons. The number of rotatable bonds is 3. The van der Waals surface area contributed by atoms with E-state index in [2.05, 4.69) is 44.3 Å². The molecule has 0 bridgehead atoms. The summed E-state index contributed by atoms with van der Waals surface area (Å²) in [7, 11) is 1.98. The molecule has 0 aliphatic heterocycles. The van der Waals surface area contributed by atoms with Crippen LogP contribution in [0.3, 0.4) is 0 Å². The zero-order valence-corrected chi connectivity index (χ0v) is 9.83. The van der Waals surface area contributed by atoms with E-state index in [9.17, 15) is 0 Å². The first-order chi connectivity index (χ1) is 6.43. The lowest BCUT2D eigenvalue weighted by Crippen LogP contribution is -2.24. The molecule has 1 aromatic rings. The van der Waals surface area contributed by atoms with E-state index in [4.69, 9.17) is 0 Å². The third kappa shape index (κ3) is 2.84. The van der Waals surface area contributed by atoms with Crippen LogP contribution in [0.4, 0.5) is 0 Å². The number of hydrogen-bond donors (Lipinski definition) is 1. The standard InChI is InChI=1S/C11H21N3/c1-9(12-5)6-10-7-13-14(8-10)11(2,3)4/h7-9,12H,6H2,1-5H3. The highest BCUT2D eigenvalue weighted by atomic mass is 15.3. The summed E-state index contributed by atoms with van der Waals surface area (Å²) in [6.07, 6.45) is 5.12. The normalized spacial score (nSPS) is 14.4. The Morgan fingerprint density at radius 3 is 2.57 bits per heavy atom. The molecule has 0 spiro atoms. The Hall–Kier alpha value is -0.830. The smallest absolute Gasteiger partial charge is 0.0543 e. The average molecular weight is 195 g/mol. The SMILES string of the molecule is CNC(C)Cc1cnn(C(C)(C)C)c1. The summed E-state index contributed by atoms with van der Waals surface area (Å²) in [4.78, 5) is 0. The fourth-order valence-electron chi connectivity index (χ4n) is 1.29. The first kappa shape index (κ1) is 11.2. The van der Waals surface area contributed by atoms with E-state index in [-0.39, 0.29) is 5.54 Å². The van der Waals surface area contributed by atoms with Gasteiger partial charge in [0.15, 0.2) is 0 Å². The van der Waals surface area contributed by atoms with Crippen molar-refractivity contribution in [2.24, 2.45) is 0 Å². The van der Waals surface area contributed by atoms with Gasteiger partial charge in [0.2, 0.25) is 0 Å². The molecular formula is C11H21N3. The predicted molar refractivity (Wildman–Crippen MR) is 59.4 cm³/mol. The zero-order chi connectivity index (χ0) is 10.8. The Kier molecular flexibility index (Phi) is 3.32. The molecule has 0 saturated heterocycles. The van der Waals surface area contributed by atoms with Gasteiger partial charge in [-0.05, 0) is 46.7 Å². The van der Waals surface area contributed by atoms with Crippen LogP contribution in [0.15, 0.2) is 12.4 Å². The molecule has 1 rings (SSSR count). The quantitative estimate of drug-likeness (QED) is 0.797. The lowest BCUT2D eigenvalue weighted by atomic mass is 10.1. The lowest BCUT2D eigenvalue weighted by Gasteiger charge is -2.18. The lowest BCUT2D eigenvalue weighted by molar-refractivity contribution is 0.355. The molecule has 1 aromatic heterocycles. The molecule has 1 N–H and O–H groups in total. The van der Waals surface area contributed by atoms with E-state index < -0.39 is 0 Å². The van der Waals surface area contributed by atoms with Gasteiger partial charge in [-0.25, -0.2) is 0 Å². The zero-order valence-electron chi connectivity index (χ0n) is 9.83. The molecule has 1 heterocycles. The third-order valence-electron chi connectivity index (χ3n) is 2.36. The van der Waals surface area contributed by atoms with Crippen molar-refractivity contribution < 1.29 is 0 Å². The van der Waals surface area contributed by atoms with Crippen molar-refractivity contribution in [2.75, 3.05) is 7.05 Å². The van der Waals surface area contributed by atoms with Crippen LogP contribution in [0.25, 0.3) is 0 Å². The number of aromatic nitrogens is 2. The Morgan fingerprint density at radius 1 is 1.50 bits per heavy atom. The molecule has 0 saturated carbocycles. The Balaban J connectivity index is 2.69. The van der Waals surface area contributed by atoms with Crippen LogP contribution >= 0.6 is 0 Å². The van der Waals surface area contributed by atoms with Crippen LogP contribution in [0.2, 0.25) is 0 Å². The van der Waals surface area contributed by atoms with Crippen LogP contribution in [-0.4, -0.2) is 22.9 Å². The third-order valence-corrected chi connectivity index (χ3v) is 2.36. The van der Waals surface area contributed by atoms with Crippen molar-refractivity contribution in [2.45, 2.75) is 45.7 Å². The minimum Gasteiger partial charge on any atom is -0.317 e. The van der Waals surface area contributed by atoms with Gasteiger partial charge < -0.3 is 5.32 Å². The first-order valence-corrected chi connectivity index (χ1v) is 5.15. The van der Waals surface area contributed by atoms with Crippen molar-refractivity contribution >= 4 is 0 Å². The van der Waals surface area contributed by atoms with Crippen LogP contribution in [-0.2, 0) is 12.0 Å². The number of nitrogens with zero attached hydrogens (tertiary/aromatic N) is 2. The highest BCUT2D eigenvalue weighted by molar-refractivity contribution is 5.07. The van der Waals surface area contributed by atoms with Crippen LogP contribution < -0.4 is 5.32 Å². The summed E-state index contributed by atoms with van der Waals surface area (Å²) < 4.78 is 2.02. The Labute approximate surface area is 86.5 Å². The highest BCUT2D eigenvalue weighted by Gasteiger charge is 2.14. The second-order valence-electron chi connectivity index (χ2n) is 4.86. The summed E-state index contributed by atoms with van der Waals surface area (Å²) in [6.45, 7) is 8.65. The second kappa shape index (κ2) is 4.13. The van der Waals surface area contributed by atoms with Crippen molar-refractivity contribution in [1.29, 1.82) is 0 Å². The summed E-state index contributed by atoms with van der Waals surface area (Å²) in [5.74, 6) is 0. The predicted octanol–water partition coefficient (Wildman–Crippen LogP) is 1.79. The maximum atomic E-state index is 4.36. The summed E-state index contributed by atoms with van der Waals surface area (Å²) in [5.41, 5.74) is 1.38. The van der Waals surface area contributed by atoms with Gasteiger partial charge in [-0.3, -0.25) is 4.68 Å². The molecule has 3 heteroatoms. The molecule has 0 fully saturated rings. The topological polar surface area (TPSA) is 29.9 Å². The average Bonchev–Trinajstić information content (AvgIpc) is 2.51. The van der Waals surface area contributed by atoms with E-state index in [0.717, 1.165) is 6.42 Å². The first-order valence-electron chi connectivity index (χ1n) is 5.15. The largest absolute Gasteiger partial charge is 0.317 e. The van der Waals surface area contributed by atoms with E-state index in [1.807, 2.05) is 17.9 Å². The molecule has 14 heavy (non-hydrogen) atoms. The molecule has 80 valence electrons. The fraction of sp³-hybridized carbons (Fsp3) is 0.727. The molecule has 0 aliphatic carbocycles. The van der Waals surface area contributed by atoms with Crippen molar-refractivity contribution in [3.8, 4) is 0 Å². The molecule has 3 nitrogen and oxygen atoms in total. The van der Waals surface area contributed by atoms with Gasteiger partial charge in [-0.15, -0.1) is 0 Å². The number of hydrogen-bond acceptors (Lipinski definition) is 2. The van der Waals surface area contributed by atoms with Gasteiger partial charge >= 0.3 is 0 Å². The number of nitrogens with one attached hydrogen (secondary N) is 1. The van der Waals surface area contributed by atoms with Gasteiger partial charge in [-0.1, -0.05) is 0 Å². The van der Waals surface area contributed by atoms with E-state index >= 15 is 0 Å². The fourth-order valence-corrected chi connectivity index (χ4v) is 1.29. The van der Waals surface area contributed by atoms with Gasteiger partial charge in [-0.2, -0.15) is 5.10 Å². The van der Waals surface area contributed by atoms with Gasteiger partial charge in [0.25, 0.3) is 0 Å². The Morgan fingerprint density at radius 2 is 2.14 bits per heavy atom. The van der Waals surface area contributed by atoms with E-state index in [1.54, 1.807) is 0 Å². The summed E-state index contributed by atoms with van der Waals surface area (Å²) in [5, 5.41) is 7.59. The van der Waals surface area contributed by atoms with Crippen molar-refractivity contribution in [3.05, 3.63) is 18.0 Å². The van der Waals surface area contributed by atoms with Crippen LogP contribution in [0.5, 0.6) is 0 Å². The molecule has 1 atom stereocenters. The van der Waals surface area contributed by atoms with Gasteiger partial charge in [0.05, 0.1) is 11.7 Å². The van der Waals surface area contributed by atoms with Gasteiger partial charge in [0.1, 0.15) is 0 Å². The van der Waals surface area contributed by atoms with Crippen molar-refractivity contribution in [3.63, 3.8) is 0 Å². The maximum Gasteiger partial charge on any atom is 0.0543 e. The molecule has 1 unspecified atom stereocenters. The molecular weight excluding hydrogens is 174 g/mol.